The van der Waals surface area contributed by atoms with Crippen LogP contribution < -0.4 is 4.31 Å². The number of carbonyl (C=O) groups excluding carboxylic acids is 1. The van der Waals surface area contributed by atoms with Crippen molar-refractivity contribution in [1.82, 2.24) is 0 Å². The lowest BCUT2D eigenvalue weighted by atomic mass is 9.90. The molecule has 7 nitrogen and oxygen atoms in total. The number of halogens is 3. The van der Waals surface area contributed by atoms with E-state index in [2.05, 4.69) is 5.16 Å². The summed E-state index contributed by atoms with van der Waals surface area (Å²) in [6.45, 7) is 6.73. The van der Waals surface area contributed by atoms with Crippen LogP contribution in [0.25, 0.3) is 0 Å². The van der Waals surface area contributed by atoms with Crippen LogP contribution in [-0.2, 0) is 24.4 Å². The van der Waals surface area contributed by atoms with E-state index in [1.807, 2.05) is 0 Å². The molecule has 11 heteroatoms. The van der Waals surface area contributed by atoms with Crippen LogP contribution in [0.2, 0.25) is 0 Å². The summed E-state index contributed by atoms with van der Waals surface area (Å²) in [5.74, 6) is -0.827. The number of esters is 1. The summed E-state index contributed by atoms with van der Waals surface area (Å²) in [5.41, 5.74) is -5.16. The average molecular weight is 491 g/mol. The Morgan fingerprint density at radius 2 is 1.76 bits per heavy atom. The molecule has 0 amide bonds. The van der Waals surface area contributed by atoms with Crippen LogP contribution in [0.15, 0.2) is 17.3 Å². The summed E-state index contributed by atoms with van der Waals surface area (Å²) in [5, 5.41) is 4.19. The first-order chi connectivity index (χ1) is 15.1. The normalized spacial score (nSPS) is 18.2. The molecule has 3 rings (SSSR count). The first kappa shape index (κ1) is 25.3. The number of alkyl halides is 3. The summed E-state index contributed by atoms with van der Waals surface area (Å²) in [7, 11) is -5.85. The summed E-state index contributed by atoms with van der Waals surface area (Å²) < 4.78 is 70.5. The van der Waals surface area contributed by atoms with E-state index in [4.69, 9.17) is 9.57 Å². The number of hydrogen-bond acceptors (Lipinski definition) is 6. The fourth-order valence-corrected chi connectivity index (χ4v) is 5.00. The van der Waals surface area contributed by atoms with E-state index in [-0.39, 0.29) is 15.6 Å². The number of benzene rings is 1. The Morgan fingerprint density at radius 1 is 1.15 bits per heavy atom. The Labute approximate surface area is 192 Å². The van der Waals surface area contributed by atoms with E-state index in [0.717, 1.165) is 31.2 Å². The minimum absolute atomic E-state index is 0.0939. The molecule has 1 fully saturated rings. The van der Waals surface area contributed by atoms with Crippen molar-refractivity contribution in [3.63, 3.8) is 0 Å². The van der Waals surface area contributed by atoms with Gasteiger partial charge in [0.15, 0.2) is 6.73 Å². The third-order valence-corrected chi connectivity index (χ3v) is 7.45. The zero-order valence-electron chi connectivity index (χ0n) is 19.4. The van der Waals surface area contributed by atoms with Crippen LogP contribution in [0.5, 0.6) is 0 Å². The second-order valence-corrected chi connectivity index (χ2v) is 11.6. The fourth-order valence-electron chi connectivity index (χ4n) is 4.10. The molecule has 2 aliphatic rings. The SMILES string of the molecule is Cc1cc(C)c(N(COC(=O)C(C)(C)C)S(=O)(=O)C(F)(F)F)cc1C1=NOC2(CCCC2)C1. The van der Waals surface area contributed by atoms with E-state index in [1.165, 1.54) is 33.8 Å². The maximum absolute atomic E-state index is 13.5. The molecule has 0 radical (unpaired) electrons. The second kappa shape index (κ2) is 8.48. The molecule has 33 heavy (non-hydrogen) atoms. The van der Waals surface area contributed by atoms with Crippen molar-refractivity contribution in [3.8, 4) is 0 Å². The minimum Gasteiger partial charge on any atom is -0.443 e. The van der Waals surface area contributed by atoms with Gasteiger partial charge in [-0.15, -0.1) is 0 Å². The molecule has 0 N–H and O–H groups in total. The molecule has 1 aliphatic heterocycles. The van der Waals surface area contributed by atoms with Crippen LogP contribution in [-0.4, -0.2) is 37.9 Å². The predicted octanol–water partition coefficient (Wildman–Crippen LogP) is 4.94. The third-order valence-electron chi connectivity index (χ3n) is 5.98. The first-order valence-electron chi connectivity index (χ1n) is 10.7. The van der Waals surface area contributed by atoms with Crippen molar-refractivity contribution in [2.45, 2.75) is 77.8 Å². The number of ether oxygens (including phenoxy) is 1. The van der Waals surface area contributed by atoms with Gasteiger partial charge in [0.25, 0.3) is 0 Å². The summed E-state index contributed by atoms with van der Waals surface area (Å²) in [6, 6.07) is 2.95. The molecular formula is C22H29F3N2O5S. The van der Waals surface area contributed by atoms with E-state index >= 15 is 0 Å². The van der Waals surface area contributed by atoms with Gasteiger partial charge in [-0.3, -0.25) is 4.79 Å². The number of rotatable bonds is 5. The molecule has 0 aromatic heterocycles. The molecule has 0 bridgehead atoms. The van der Waals surface area contributed by atoms with E-state index < -0.39 is 39.2 Å². The lowest BCUT2D eigenvalue weighted by molar-refractivity contribution is -0.152. The second-order valence-electron chi connectivity index (χ2n) is 9.76. The highest BCUT2D eigenvalue weighted by molar-refractivity contribution is 7.93. The molecule has 0 atom stereocenters. The number of aryl methyl sites for hydroxylation is 2. The third kappa shape index (κ3) is 4.97. The maximum atomic E-state index is 13.5. The van der Waals surface area contributed by atoms with Gasteiger partial charge in [0.2, 0.25) is 0 Å². The van der Waals surface area contributed by atoms with Crippen LogP contribution in [0.1, 0.15) is 69.6 Å². The molecular weight excluding hydrogens is 461 g/mol. The quantitative estimate of drug-likeness (QED) is 0.431. The van der Waals surface area contributed by atoms with Gasteiger partial charge in [-0.25, -0.2) is 4.31 Å². The zero-order chi connectivity index (χ0) is 24.8. The Hall–Kier alpha value is -2.30. The molecule has 1 aromatic rings. The number of sulfonamides is 1. The number of anilines is 1. The van der Waals surface area contributed by atoms with Crippen molar-refractivity contribution >= 4 is 27.4 Å². The van der Waals surface area contributed by atoms with Crippen molar-refractivity contribution in [3.05, 3.63) is 28.8 Å². The van der Waals surface area contributed by atoms with E-state index in [1.54, 1.807) is 13.0 Å². The Morgan fingerprint density at radius 3 is 2.30 bits per heavy atom. The van der Waals surface area contributed by atoms with Gasteiger partial charge < -0.3 is 9.57 Å². The highest BCUT2D eigenvalue weighted by Crippen LogP contribution is 2.42. The minimum atomic E-state index is -5.85. The van der Waals surface area contributed by atoms with Crippen LogP contribution in [0, 0.1) is 19.3 Å². The summed E-state index contributed by atoms with van der Waals surface area (Å²) in [4.78, 5) is 17.9. The molecule has 0 unspecified atom stereocenters. The fraction of sp³-hybridized carbons (Fsp3) is 0.636. The monoisotopic (exact) mass is 490 g/mol. The molecule has 1 aromatic carbocycles. The maximum Gasteiger partial charge on any atom is 0.516 e. The number of oxime groups is 1. The van der Waals surface area contributed by atoms with E-state index in [9.17, 15) is 26.4 Å². The van der Waals surface area contributed by atoms with Gasteiger partial charge in [0.05, 0.1) is 16.8 Å². The number of hydrogen-bond donors (Lipinski definition) is 0. The average Bonchev–Trinajstić information content (AvgIpc) is 3.31. The number of carbonyl (C=O) groups is 1. The van der Waals surface area contributed by atoms with Gasteiger partial charge in [-0.1, -0.05) is 11.2 Å². The van der Waals surface area contributed by atoms with Gasteiger partial charge in [0, 0.05) is 12.0 Å². The molecule has 184 valence electrons. The van der Waals surface area contributed by atoms with Crippen molar-refractivity contribution in [2.24, 2.45) is 10.6 Å². The highest BCUT2D eigenvalue weighted by atomic mass is 32.2. The van der Waals surface area contributed by atoms with Crippen molar-refractivity contribution < 1.29 is 36.0 Å². The van der Waals surface area contributed by atoms with E-state index in [0.29, 0.717) is 17.7 Å². The smallest absolute Gasteiger partial charge is 0.443 e. The Kier molecular flexibility index (Phi) is 6.51. The lowest BCUT2D eigenvalue weighted by Gasteiger charge is -2.28. The Balaban J connectivity index is 2.03. The largest absolute Gasteiger partial charge is 0.516 e. The molecule has 1 aliphatic carbocycles. The standard InChI is InChI=1S/C22H29F3N2O5S/c1-14-10-15(2)18(11-16(14)17-12-21(32-26-17)8-6-7-9-21)27(33(29,30)22(23,24)25)13-31-19(28)20(3,4)5/h10-11H,6-9,12-13H2,1-5H3. The molecule has 1 spiro atoms. The van der Waals surface area contributed by atoms with Gasteiger partial charge in [0.1, 0.15) is 5.60 Å². The van der Waals surface area contributed by atoms with Gasteiger partial charge in [-0.05, 0) is 77.5 Å². The Bertz CT molecular complexity index is 1070. The van der Waals surface area contributed by atoms with Crippen LogP contribution in [0.4, 0.5) is 18.9 Å². The molecule has 0 saturated heterocycles. The topological polar surface area (TPSA) is 85.3 Å². The summed E-state index contributed by atoms with van der Waals surface area (Å²) >= 11 is 0. The molecule has 1 saturated carbocycles. The van der Waals surface area contributed by atoms with Crippen LogP contribution >= 0.6 is 0 Å². The predicted molar refractivity (Wildman–Crippen MR) is 117 cm³/mol. The lowest BCUT2D eigenvalue weighted by Crippen LogP contribution is -2.43. The summed E-state index contributed by atoms with van der Waals surface area (Å²) in [6.07, 6.45) is 4.21. The van der Waals surface area contributed by atoms with Gasteiger partial charge >= 0.3 is 21.5 Å². The zero-order valence-corrected chi connectivity index (χ0v) is 20.2. The molecule has 1 heterocycles. The van der Waals surface area contributed by atoms with Crippen molar-refractivity contribution in [1.29, 1.82) is 0 Å². The van der Waals surface area contributed by atoms with Crippen molar-refractivity contribution in [2.75, 3.05) is 11.0 Å². The van der Waals surface area contributed by atoms with Crippen LogP contribution in [0.3, 0.4) is 0 Å². The number of nitrogens with zero attached hydrogens (tertiary/aromatic N) is 2. The van der Waals surface area contributed by atoms with Gasteiger partial charge in [-0.2, -0.15) is 21.6 Å². The first-order valence-corrected chi connectivity index (χ1v) is 12.1. The highest BCUT2D eigenvalue weighted by Gasteiger charge is 2.51.